The summed E-state index contributed by atoms with van der Waals surface area (Å²) in [6, 6.07) is 3.12. The minimum atomic E-state index is -3.46. The first-order valence-electron chi connectivity index (χ1n) is 7.06. The summed E-state index contributed by atoms with van der Waals surface area (Å²) in [7, 11) is -3.46. The number of carbonyl (C=O) groups is 1. The molecule has 0 aromatic heterocycles. The van der Waals surface area contributed by atoms with Gasteiger partial charge in [-0.2, -0.15) is 4.99 Å². The van der Waals surface area contributed by atoms with E-state index in [4.69, 9.17) is 11.5 Å². The van der Waals surface area contributed by atoms with E-state index in [0.717, 1.165) is 24.7 Å². The number of carbonyl (C=O) groups excluding carboxylic acids is 1. The van der Waals surface area contributed by atoms with Crippen molar-refractivity contribution >= 4 is 21.7 Å². The molecule has 0 aliphatic heterocycles. The maximum Gasteiger partial charge on any atom is 0.280 e. The van der Waals surface area contributed by atoms with E-state index >= 15 is 0 Å². The predicted octanol–water partition coefficient (Wildman–Crippen LogP) is 1.72. The zero-order chi connectivity index (χ0) is 17.1. The number of aliphatic imine (C=N–C) groups is 1. The Morgan fingerprint density at radius 3 is 2.36 bits per heavy atom. The number of nitrogens with zero attached hydrogens (tertiary/aromatic N) is 1. The summed E-state index contributed by atoms with van der Waals surface area (Å²) >= 11 is 0. The molecule has 22 heavy (non-hydrogen) atoms. The highest BCUT2D eigenvalue weighted by Gasteiger charge is 2.22. The summed E-state index contributed by atoms with van der Waals surface area (Å²) in [5.74, 6) is -0.911. The molecule has 0 fully saturated rings. The first-order valence-corrected chi connectivity index (χ1v) is 8.95. The molecular weight excluding hydrogens is 302 g/mol. The van der Waals surface area contributed by atoms with Crippen LogP contribution in [0.25, 0.3) is 0 Å². The Morgan fingerprint density at radius 1 is 1.32 bits per heavy atom. The minimum Gasteiger partial charge on any atom is -0.370 e. The van der Waals surface area contributed by atoms with Crippen LogP contribution in [0.2, 0.25) is 0 Å². The highest BCUT2D eigenvalue weighted by molar-refractivity contribution is 7.90. The van der Waals surface area contributed by atoms with Gasteiger partial charge in [0.1, 0.15) is 0 Å². The van der Waals surface area contributed by atoms with Gasteiger partial charge < -0.3 is 11.5 Å². The van der Waals surface area contributed by atoms with E-state index in [1.807, 2.05) is 13.8 Å². The second-order valence-electron chi connectivity index (χ2n) is 5.51. The van der Waals surface area contributed by atoms with Crippen LogP contribution in [0.1, 0.15) is 54.1 Å². The Kier molecular flexibility index (Phi) is 5.71. The van der Waals surface area contributed by atoms with Gasteiger partial charge >= 0.3 is 0 Å². The van der Waals surface area contributed by atoms with Gasteiger partial charge in [-0.3, -0.25) is 4.79 Å². The van der Waals surface area contributed by atoms with Crippen LogP contribution in [0.5, 0.6) is 0 Å². The van der Waals surface area contributed by atoms with Gasteiger partial charge in [-0.25, -0.2) is 8.42 Å². The summed E-state index contributed by atoms with van der Waals surface area (Å²) in [4.78, 5) is 15.7. The monoisotopic (exact) mass is 325 g/mol. The molecule has 1 aromatic carbocycles. The van der Waals surface area contributed by atoms with Crippen molar-refractivity contribution in [3.63, 3.8) is 0 Å². The molecule has 0 spiro atoms. The van der Waals surface area contributed by atoms with E-state index in [1.54, 1.807) is 13.0 Å². The van der Waals surface area contributed by atoms with Gasteiger partial charge in [0.25, 0.3) is 5.91 Å². The lowest BCUT2D eigenvalue weighted by atomic mass is 9.93. The van der Waals surface area contributed by atoms with Crippen LogP contribution in [-0.2, 0) is 9.84 Å². The number of rotatable bonds is 5. The number of hydrogen-bond acceptors (Lipinski definition) is 3. The number of nitrogens with two attached hydrogens (primary N) is 2. The van der Waals surface area contributed by atoms with Crippen molar-refractivity contribution in [3.8, 4) is 0 Å². The average Bonchev–Trinajstić information content (AvgIpc) is 2.36. The third-order valence-corrected chi connectivity index (χ3v) is 4.62. The van der Waals surface area contributed by atoms with Crippen molar-refractivity contribution in [1.29, 1.82) is 0 Å². The molecule has 1 atom stereocenters. The number of hydrogen-bond donors (Lipinski definition) is 2. The molecule has 0 saturated carbocycles. The van der Waals surface area contributed by atoms with Crippen molar-refractivity contribution in [1.82, 2.24) is 0 Å². The fraction of sp³-hybridized carbons (Fsp3) is 0.467. The molecule has 1 unspecified atom stereocenters. The molecule has 122 valence electrons. The summed E-state index contributed by atoms with van der Waals surface area (Å²) in [6.45, 7) is 5.76. The van der Waals surface area contributed by atoms with E-state index in [9.17, 15) is 13.2 Å². The highest BCUT2D eigenvalue weighted by Crippen LogP contribution is 2.30. The molecule has 0 heterocycles. The van der Waals surface area contributed by atoms with Gasteiger partial charge in [0, 0.05) is 11.8 Å². The first-order chi connectivity index (χ1) is 10.1. The van der Waals surface area contributed by atoms with Crippen molar-refractivity contribution in [3.05, 3.63) is 28.8 Å². The van der Waals surface area contributed by atoms with Gasteiger partial charge in [-0.15, -0.1) is 0 Å². The van der Waals surface area contributed by atoms with Crippen LogP contribution >= 0.6 is 0 Å². The zero-order valence-electron chi connectivity index (χ0n) is 13.4. The van der Waals surface area contributed by atoms with Crippen LogP contribution in [0, 0.1) is 6.92 Å². The smallest absolute Gasteiger partial charge is 0.280 e. The molecule has 1 aromatic rings. The maximum atomic E-state index is 12.1. The van der Waals surface area contributed by atoms with Gasteiger partial charge in [0.2, 0.25) is 0 Å². The fourth-order valence-electron chi connectivity index (χ4n) is 2.41. The Hall–Kier alpha value is -1.89. The number of amides is 1. The van der Waals surface area contributed by atoms with Crippen molar-refractivity contribution in [2.45, 2.75) is 44.4 Å². The number of aryl methyl sites for hydroxylation is 1. The van der Waals surface area contributed by atoms with E-state index < -0.39 is 15.7 Å². The van der Waals surface area contributed by atoms with Crippen molar-refractivity contribution in [2.24, 2.45) is 16.5 Å². The zero-order valence-corrected chi connectivity index (χ0v) is 14.2. The molecule has 0 bridgehead atoms. The Labute approximate surface area is 131 Å². The summed E-state index contributed by atoms with van der Waals surface area (Å²) in [5.41, 5.74) is 12.0. The molecule has 1 rings (SSSR count). The molecule has 1 amide bonds. The van der Waals surface area contributed by atoms with Crippen LogP contribution in [0.4, 0.5) is 0 Å². The molecule has 0 aliphatic rings. The SMILES string of the molecule is CCCC(C)c1cc(C)c(C(=O)N=C(N)N)cc1S(C)(=O)=O. The molecule has 0 radical (unpaired) electrons. The van der Waals surface area contributed by atoms with E-state index in [-0.39, 0.29) is 22.3 Å². The predicted molar refractivity (Wildman–Crippen MR) is 87.8 cm³/mol. The van der Waals surface area contributed by atoms with Crippen molar-refractivity contribution in [2.75, 3.05) is 6.26 Å². The Morgan fingerprint density at radius 2 is 1.91 bits per heavy atom. The maximum absolute atomic E-state index is 12.1. The van der Waals surface area contributed by atoms with E-state index in [2.05, 4.69) is 4.99 Å². The molecular formula is C15H23N3O3S. The van der Waals surface area contributed by atoms with Crippen LogP contribution in [0.15, 0.2) is 22.0 Å². The van der Waals surface area contributed by atoms with E-state index in [0.29, 0.717) is 5.56 Å². The van der Waals surface area contributed by atoms with Crippen LogP contribution < -0.4 is 11.5 Å². The molecule has 7 heteroatoms. The van der Waals surface area contributed by atoms with Gasteiger partial charge in [0.05, 0.1) is 4.90 Å². The molecule has 6 nitrogen and oxygen atoms in total. The normalized spacial score (nSPS) is 12.7. The van der Waals surface area contributed by atoms with Gasteiger partial charge in [-0.05, 0) is 36.5 Å². The summed E-state index contributed by atoms with van der Waals surface area (Å²) in [6.07, 6.45) is 2.94. The third-order valence-electron chi connectivity index (χ3n) is 3.47. The quantitative estimate of drug-likeness (QED) is 0.631. The van der Waals surface area contributed by atoms with Crippen LogP contribution in [0.3, 0.4) is 0 Å². The van der Waals surface area contributed by atoms with Crippen molar-refractivity contribution < 1.29 is 13.2 Å². The van der Waals surface area contributed by atoms with Gasteiger partial charge in [0.15, 0.2) is 15.8 Å². The molecule has 0 aliphatic carbocycles. The Bertz CT molecular complexity index is 705. The first kappa shape index (κ1) is 18.2. The summed E-state index contributed by atoms with van der Waals surface area (Å²) < 4.78 is 24.1. The largest absolute Gasteiger partial charge is 0.370 e. The lowest BCUT2D eigenvalue weighted by Gasteiger charge is -2.17. The van der Waals surface area contributed by atoms with E-state index in [1.165, 1.54) is 6.07 Å². The number of benzene rings is 1. The second-order valence-corrected chi connectivity index (χ2v) is 7.49. The topological polar surface area (TPSA) is 116 Å². The molecule has 4 N–H and O–H groups in total. The molecule has 0 saturated heterocycles. The summed E-state index contributed by atoms with van der Waals surface area (Å²) in [5, 5.41) is 0. The Balaban J connectivity index is 3.55. The minimum absolute atomic E-state index is 0.0839. The number of sulfone groups is 1. The van der Waals surface area contributed by atoms with Gasteiger partial charge in [-0.1, -0.05) is 26.3 Å². The lowest BCUT2D eigenvalue weighted by molar-refractivity contribution is 0.100. The van der Waals surface area contributed by atoms with Crippen LogP contribution in [-0.4, -0.2) is 26.5 Å². The average molecular weight is 325 g/mol. The third kappa shape index (κ3) is 4.30. The highest BCUT2D eigenvalue weighted by atomic mass is 32.2. The standard InChI is InChI=1S/C15H23N3O3S/c1-5-6-9(2)11-7-10(3)12(14(19)18-15(16)17)8-13(11)22(4,20)21/h7-9H,5-6H2,1-4H3,(H4,16,17,18,19). The lowest BCUT2D eigenvalue weighted by Crippen LogP contribution is -2.24. The second kappa shape index (κ2) is 6.91. The number of guanidine groups is 1. The fourth-order valence-corrected chi connectivity index (χ4v) is 3.43.